The van der Waals surface area contributed by atoms with E-state index in [1.54, 1.807) is 12.1 Å². The van der Waals surface area contributed by atoms with Gasteiger partial charge in [0, 0.05) is 16.9 Å². The Kier molecular flexibility index (Phi) is 7.54. The first-order valence-electron chi connectivity index (χ1n) is 7.93. The standard InChI is InChI=1S/C17H25N3O5/c1-11(2)25-17(3,7-6-15(21)22)13-8-12(10-19-20-18)16(24-5)14(9-13)23-4/h8-9,11H,6-7,10H2,1-5H3,(H,21,22). The van der Waals surface area contributed by atoms with Crippen molar-refractivity contribution in [3.05, 3.63) is 33.7 Å². The van der Waals surface area contributed by atoms with Gasteiger partial charge in [-0.2, -0.15) is 0 Å². The lowest BCUT2D eigenvalue weighted by atomic mass is 9.88. The van der Waals surface area contributed by atoms with Crippen molar-refractivity contribution in [3.63, 3.8) is 0 Å². The van der Waals surface area contributed by atoms with Crippen molar-refractivity contribution < 1.29 is 24.1 Å². The summed E-state index contributed by atoms with van der Waals surface area (Å²) in [6.45, 7) is 5.70. The maximum atomic E-state index is 11.0. The van der Waals surface area contributed by atoms with Gasteiger partial charge in [-0.1, -0.05) is 5.11 Å². The smallest absolute Gasteiger partial charge is 0.303 e. The van der Waals surface area contributed by atoms with E-state index in [0.29, 0.717) is 17.1 Å². The van der Waals surface area contributed by atoms with Crippen LogP contribution in [0.25, 0.3) is 10.4 Å². The zero-order valence-corrected chi connectivity index (χ0v) is 15.3. The van der Waals surface area contributed by atoms with Crippen LogP contribution in [0.15, 0.2) is 17.2 Å². The predicted molar refractivity (Wildman–Crippen MR) is 92.8 cm³/mol. The zero-order chi connectivity index (χ0) is 19.0. The summed E-state index contributed by atoms with van der Waals surface area (Å²) in [7, 11) is 3.02. The Morgan fingerprint density at radius 1 is 1.36 bits per heavy atom. The van der Waals surface area contributed by atoms with E-state index in [4.69, 9.17) is 24.8 Å². The molecule has 8 nitrogen and oxygen atoms in total. The molecule has 8 heteroatoms. The average Bonchev–Trinajstić information content (AvgIpc) is 2.56. The van der Waals surface area contributed by atoms with Gasteiger partial charge in [0.25, 0.3) is 0 Å². The molecule has 1 atom stereocenters. The molecule has 0 spiro atoms. The molecule has 0 fully saturated rings. The molecule has 25 heavy (non-hydrogen) atoms. The van der Waals surface area contributed by atoms with Gasteiger partial charge in [-0.3, -0.25) is 4.79 Å². The number of carboxylic acid groups (broad SMARTS) is 1. The van der Waals surface area contributed by atoms with Crippen LogP contribution in [0.2, 0.25) is 0 Å². The highest BCUT2D eigenvalue weighted by molar-refractivity contribution is 5.66. The first-order chi connectivity index (χ1) is 11.8. The average molecular weight is 351 g/mol. The fourth-order valence-electron chi connectivity index (χ4n) is 2.71. The molecule has 1 rings (SSSR count). The number of azide groups is 1. The normalized spacial score (nSPS) is 13.0. The molecule has 1 N–H and O–H groups in total. The summed E-state index contributed by atoms with van der Waals surface area (Å²) in [5, 5.41) is 12.7. The number of nitrogens with zero attached hydrogens (tertiary/aromatic N) is 3. The Labute approximate surface area is 147 Å². The lowest BCUT2D eigenvalue weighted by Gasteiger charge is -2.33. The van der Waals surface area contributed by atoms with E-state index >= 15 is 0 Å². The molecule has 0 saturated carbocycles. The van der Waals surface area contributed by atoms with Crippen molar-refractivity contribution in [1.29, 1.82) is 0 Å². The van der Waals surface area contributed by atoms with Gasteiger partial charge in [-0.25, -0.2) is 0 Å². The van der Waals surface area contributed by atoms with E-state index < -0.39 is 11.6 Å². The fourth-order valence-corrected chi connectivity index (χ4v) is 2.71. The van der Waals surface area contributed by atoms with E-state index in [1.165, 1.54) is 14.2 Å². The summed E-state index contributed by atoms with van der Waals surface area (Å²) >= 11 is 0. The maximum absolute atomic E-state index is 11.0. The Balaban J connectivity index is 3.46. The molecule has 0 bridgehead atoms. The minimum Gasteiger partial charge on any atom is -0.493 e. The van der Waals surface area contributed by atoms with Crippen molar-refractivity contribution in [2.45, 2.75) is 51.9 Å². The molecule has 1 aromatic rings. The molecule has 0 saturated heterocycles. The quantitative estimate of drug-likeness (QED) is 0.388. The van der Waals surface area contributed by atoms with Crippen LogP contribution < -0.4 is 9.47 Å². The topological polar surface area (TPSA) is 114 Å². The van der Waals surface area contributed by atoms with Crippen LogP contribution >= 0.6 is 0 Å². The van der Waals surface area contributed by atoms with Crippen LogP contribution in [0.4, 0.5) is 0 Å². The summed E-state index contributed by atoms with van der Waals surface area (Å²) in [6, 6.07) is 3.57. The van der Waals surface area contributed by atoms with Gasteiger partial charge in [0.15, 0.2) is 11.5 Å². The van der Waals surface area contributed by atoms with E-state index in [9.17, 15) is 4.79 Å². The SMILES string of the molecule is COc1cc(C(C)(CCC(=O)O)OC(C)C)cc(CN=[N+]=[N-])c1OC. The van der Waals surface area contributed by atoms with Crippen molar-refractivity contribution in [2.24, 2.45) is 5.11 Å². The number of ether oxygens (including phenoxy) is 3. The summed E-state index contributed by atoms with van der Waals surface area (Å²) in [6.07, 6.45) is 0.146. The second-order valence-electron chi connectivity index (χ2n) is 6.05. The molecule has 0 aliphatic heterocycles. The Morgan fingerprint density at radius 2 is 2.04 bits per heavy atom. The third-order valence-corrected chi connectivity index (χ3v) is 3.78. The second-order valence-corrected chi connectivity index (χ2v) is 6.05. The highest BCUT2D eigenvalue weighted by Gasteiger charge is 2.31. The molecule has 0 radical (unpaired) electrons. The van der Waals surface area contributed by atoms with Crippen LogP contribution in [0, 0.1) is 0 Å². The van der Waals surface area contributed by atoms with Gasteiger partial charge in [0.05, 0.1) is 32.5 Å². The molecule has 1 aromatic carbocycles. The number of carbonyl (C=O) groups is 1. The molecule has 1 unspecified atom stereocenters. The Morgan fingerprint density at radius 3 is 2.52 bits per heavy atom. The van der Waals surface area contributed by atoms with Crippen LogP contribution in [-0.4, -0.2) is 31.4 Å². The molecule has 0 aliphatic carbocycles. The highest BCUT2D eigenvalue weighted by atomic mass is 16.5. The Bertz CT molecular complexity index is 656. The summed E-state index contributed by atoms with van der Waals surface area (Å²) in [5.41, 5.74) is 9.15. The minimum atomic E-state index is -0.895. The molecule has 138 valence electrons. The number of hydrogen-bond acceptors (Lipinski definition) is 5. The van der Waals surface area contributed by atoms with Gasteiger partial charge in [-0.15, -0.1) is 0 Å². The molecular weight excluding hydrogens is 326 g/mol. The third-order valence-electron chi connectivity index (χ3n) is 3.78. The van der Waals surface area contributed by atoms with E-state index in [2.05, 4.69) is 10.0 Å². The largest absolute Gasteiger partial charge is 0.493 e. The zero-order valence-electron chi connectivity index (χ0n) is 15.3. The summed E-state index contributed by atoms with van der Waals surface area (Å²) in [4.78, 5) is 13.8. The van der Waals surface area contributed by atoms with Gasteiger partial charge >= 0.3 is 5.97 Å². The molecule has 0 heterocycles. The molecule has 0 aromatic heterocycles. The van der Waals surface area contributed by atoms with Gasteiger partial charge < -0.3 is 19.3 Å². The van der Waals surface area contributed by atoms with Gasteiger partial charge in [0.1, 0.15) is 0 Å². The lowest BCUT2D eigenvalue weighted by molar-refractivity contribution is -0.140. The number of benzene rings is 1. The Hall–Kier alpha value is -2.44. The van der Waals surface area contributed by atoms with Crippen LogP contribution in [0.5, 0.6) is 11.5 Å². The van der Waals surface area contributed by atoms with Gasteiger partial charge in [-0.05, 0) is 50.4 Å². The molecule has 0 amide bonds. The maximum Gasteiger partial charge on any atom is 0.303 e. The third kappa shape index (κ3) is 5.55. The van der Waals surface area contributed by atoms with E-state index in [-0.39, 0.29) is 25.5 Å². The predicted octanol–water partition coefficient (Wildman–Crippen LogP) is 4.02. The van der Waals surface area contributed by atoms with Crippen molar-refractivity contribution in [2.75, 3.05) is 14.2 Å². The number of aliphatic carboxylic acids is 1. The van der Waals surface area contributed by atoms with Crippen LogP contribution in [0.1, 0.15) is 44.7 Å². The summed E-state index contributed by atoms with van der Waals surface area (Å²) in [5.74, 6) is 0.0502. The van der Waals surface area contributed by atoms with Crippen molar-refractivity contribution in [3.8, 4) is 11.5 Å². The van der Waals surface area contributed by atoms with E-state index in [0.717, 1.165) is 5.56 Å². The first kappa shape index (κ1) is 20.6. The highest BCUT2D eigenvalue weighted by Crippen LogP contribution is 2.40. The van der Waals surface area contributed by atoms with Crippen molar-refractivity contribution >= 4 is 5.97 Å². The lowest BCUT2D eigenvalue weighted by Crippen LogP contribution is -2.30. The second kappa shape index (κ2) is 9.15. The monoisotopic (exact) mass is 351 g/mol. The van der Waals surface area contributed by atoms with Gasteiger partial charge in [0.2, 0.25) is 0 Å². The minimum absolute atomic E-state index is 0.0384. The molecular formula is C17H25N3O5. The summed E-state index contributed by atoms with van der Waals surface area (Å²) < 4.78 is 16.8. The first-order valence-corrected chi connectivity index (χ1v) is 7.93. The van der Waals surface area contributed by atoms with Crippen molar-refractivity contribution in [1.82, 2.24) is 0 Å². The van der Waals surface area contributed by atoms with Crippen LogP contribution in [-0.2, 0) is 21.7 Å². The fraction of sp³-hybridized carbons (Fsp3) is 0.588. The number of hydrogen-bond donors (Lipinski definition) is 1. The van der Waals surface area contributed by atoms with Crippen LogP contribution in [0.3, 0.4) is 0 Å². The number of carboxylic acids is 1. The molecule has 0 aliphatic rings. The number of methoxy groups -OCH3 is 2. The van der Waals surface area contributed by atoms with E-state index in [1.807, 2.05) is 20.8 Å². The number of rotatable bonds is 10.